The molecule has 4 rings (SSSR count). The van der Waals surface area contributed by atoms with Crippen LogP contribution < -0.4 is 19.7 Å². The first-order valence-electron chi connectivity index (χ1n) is 14.5. The van der Waals surface area contributed by atoms with Crippen molar-refractivity contribution in [1.29, 1.82) is 5.26 Å². The van der Waals surface area contributed by atoms with Crippen molar-refractivity contribution in [3.8, 4) is 17.6 Å². The predicted octanol–water partition coefficient (Wildman–Crippen LogP) is 6.20. The summed E-state index contributed by atoms with van der Waals surface area (Å²) in [4.78, 5) is 14.5. The molecule has 1 N–H and O–H groups in total. The molecule has 3 aromatic carbocycles. The second kappa shape index (κ2) is 15.9. The maximum Gasteiger partial charge on any atom is 0.422 e. The number of ether oxygens (including phenoxy) is 4. The monoisotopic (exact) mass is 611 g/mol. The number of nitrogens with zero attached hydrogens (tertiary/aromatic N) is 2. The maximum atomic E-state index is 12.5. The van der Waals surface area contributed by atoms with Crippen LogP contribution in [0.25, 0.3) is 0 Å². The number of anilines is 1. The summed E-state index contributed by atoms with van der Waals surface area (Å²) in [6.07, 6.45) is -3.46. The average molecular weight is 612 g/mol. The van der Waals surface area contributed by atoms with Gasteiger partial charge in [-0.3, -0.25) is 0 Å². The van der Waals surface area contributed by atoms with Gasteiger partial charge in [-0.05, 0) is 54.7 Å². The van der Waals surface area contributed by atoms with E-state index in [1.54, 1.807) is 13.0 Å². The molecule has 1 aliphatic heterocycles. The quantitative estimate of drug-likeness (QED) is 0.205. The van der Waals surface area contributed by atoms with E-state index in [1.165, 1.54) is 18.2 Å². The van der Waals surface area contributed by atoms with Crippen LogP contribution in [0.4, 0.5) is 23.7 Å². The van der Waals surface area contributed by atoms with Crippen molar-refractivity contribution in [3.63, 3.8) is 0 Å². The van der Waals surface area contributed by atoms with Gasteiger partial charge in [0.1, 0.15) is 18.8 Å². The molecular weight excluding hydrogens is 575 g/mol. The van der Waals surface area contributed by atoms with Gasteiger partial charge in [-0.15, -0.1) is 0 Å². The summed E-state index contributed by atoms with van der Waals surface area (Å²) < 4.78 is 59.0. The molecule has 11 heteroatoms. The zero-order valence-corrected chi connectivity index (χ0v) is 24.6. The van der Waals surface area contributed by atoms with Crippen molar-refractivity contribution in [2.75, 3.05) is 44.4 Å². The van der Waals surface area contributed by atoms with Crippen LogP contribution in [0, 0.1) is 11.3 Å². The first kappa shape index (κ1) is 32.5. The van der Waals surface area contributed by atoms with E-state index in [4.69, 9.17) is 18.9 Å². The van der Waals surface area contributed by atoms with E-state index in [-0.39, 0.29) is 24.7 Å². The van der Waals surface area contributed by atoms with Crippen LogP contribution >= 0.6 is 0 Å². The molecule has 1 amide bonds. The van der Waals surface area contributed by atoms with E-state index in [2.05, 4.69) is 22.4 Å². The van der Waals surface area contributed by atoms with Crippen molar-refractivity contribution in [3.05, 3.63) is 89.0 Å². The number of hydrogen-bond acceptors (Lipinski definition) is 7. The van der Waals surface area contributed by atoms with Gasteiger partial charge in [-0.1, -0.05) is 48.5 Å². The van der Waals surface area contributed by atoms with Crippen LogP contribution in [0.1, 0.15) is 35.6 Å². The van der Waals surface area contributed by atoms with E-state index in [1.807, 2.05) is 36.4 Å². The Morgan fingerprint density at radius 1 is 1.02 bits per heavy atom. The second-order valence-electron chi connectivity index (χ2n) is 10.4. The Balaban J connectivity index is 1.19. The van der Waals surface area contributed by atoms with Gasteiger partial charge in [0.2, 0.25) is 0 Å². The molecule has 234 valence electrons. The molecule has 1 unspecified atom stereocenters. The molecule has 0 fully saturated rings. The van der Waals surface area contributed by atoms with E-state index in [0.717, 1.165) is 48.3 Å². The minimum Gasteiger partial charge on any atom is -0.488 e. The molecule has 3 aromatic rings. The first-order chi connectivity index (χ1) is 21.2. The lowest BCUT2D eigenvalue weighted by atomic mass is 9.99. The van der Waals surface area contributed by atoms with Crippen molar-refractivity contribution in [2.45, 2.75) is 45.1 Å². The van der Waals surface area contributed by atoms with Crippen LogP contribution in [0.3, 0.4) is 0 Å². The normalized spacial score (nSPS) is 13.1. The number of nitrogens with one attached hydrogen (secondary N) is 1. The Morgan fingerprint density at radius 2 is 1.75 bits per heavy atom. The molecular formula is C33H36F3N3O5. The van der Waals surface area contributed by atoms with E-state index < -0.39 is 25.0 Å². The summed E-state index contributed by atoms with van der Waals surface area (Å²) in [5.41, 5.74) is 4.73. The molecule has 0 aliphatic carbocycles. The summed E-state index contributed by atoms with van der Waals surface area (Å²) in [6.45, 7) is 3.26. The van der Waals surface area contributed by atoms with Crippen LogP contribution in [-0.2, 0) is 28.9 Å². The third kappa shape index (κ3) is 10.1. The van der Waals surface area contributed by atoms with Gasteiger partial charge >= 0.3 is 12.3 Å². The molecule has 0 aromatic heterocycles. The molecule has 8 nitrogen and oxygen atoms in total. The van der Waals surface area contributed by atoms with E-state index in [0.29, 0.717) is 25.2 Å². The number of alkyl halides is 3. The summed E-state index contributed by atoms with van der Waals surface area (Å²) in [5.74, 6) is 0.100. The van der Waals surface area contributed by atoms with Gasteiger partial charge in [0.25, 0.3) is 0 Å². The number of hydrogen-bond donors (Lipinski definition) is 1. The molecule has 1 heterocycles. The van der Waals surface area contributed by atoms with Gasteiger partial charge < -0.3 is 29.2 Å². The number of amides is 1. The highest BCUT2D eigenvalue weighted by molar-refractivity contribution is 5.69. The summed E-state index contributed by atoms with van der Waals surface area (Å²) in [6, 6.07) is 22.3. The minimum atomic E-state index is -4.47. The Bertz CT molecular complexity index is 1410. The molecule has 44 heavy (non-hydrogen) atoms. The highest BCUT2D eigenvalue weighted by atomic mass is 19.4. The van der Waals surface area contributed by atoms with Gasteiger partial charge in [0.15, 0.2) is 18.1 Å². The average Bonchev–Trinajstić information content (AvgIpc) is 3.41. The zero-order valence-electron chi connectivity index (χ0n) is 24.6. The Morgan fingerprint density at radius 3 is 2.48 bits per heavy atom. The molecule has 0 saturated carbocycles. The third-order valence-corrected chi connectivity index (χ3v) is 6.87. The largest absolute Gasteiger partial charge is 0.488 e. The lowest BCUT2D eigenvalue weighted by molar-refractivity contribution is -0.153. The van der Waals surface area contributed by atoms with Crippen molar-refractivity contribution in [2.24, 2.45) is 0 Å². The number of halogens is 3. The Hall–Kier alpha value is -4.43. The summed E-state index contributed by atoms with van der Waals surface area (Å²) >= 11 is 0. The summed E-state index contributed by atoms with van der Waals surface area (Å²) in [5, 5.41) is 12.5. The zero-order chi connectivity index (χ0) is 31.4. The molecule has 0 bridgehead atoms. The molecule has 0 spiro atoms. The van der Waals surface area contributed by atoms with Gasteiger partial charge in [0.05, 0.1) is 24.4 Å². The number of para-hydroxylation sites is 2. The van der Waals surface area contributed by atoms with E-state index >= 15 is 0 Å². The lowest BCUT2D eigenvalue weighted by Gasteiger charge is -2.21. The Kier molecular flexibility index (Phi) is 11.7. The SMILES string of the molecule is CC(Cc1cc(C#N)c2c(c1)CCN2CCCOCc1ccccc1)OC(=O)NCCOc1ccccc1OCC(F)(F)F. The minimum absolute atomic E-state index is 0.00186. The van der Waals surface area contributed by atoms with E-state index in [9.17, 15) is 23.2 Å². The van der Waals surface area contributed by atoms with Crippen LogP contribution in [0.2, 0.25) is 0 Å². The number of fused-ring (bicyclic) bond motifs is 1. The van der Waals surface area contributed by atoms with Gasteiger partial charge in [0, 0.05) is 26.1 Å². The number of nitriles is 1. The fraction of sp³-hybridized carbons (Fsp3) is 0.394. The van der Waals surface area contributed by atoms with Crippen LogP contribution in [0.5, 0.6) is 11.5 Å². The first-order valence-corrected chi connectivity index (χ1v) is 14.5. The fourth-order valence-corrected chi connectivity index (χ4v) is 5.00. The van der Waals surface area contributed by atoms with Crippen molar-refractivity contribution >= 4 is 11.8 Å². The smallest absolute Gasteiger partial charge is 0.422 e. The maximum absolute atomic E-state index is 12.5. The molecule has 1 atom stereocenters. The van der Waals surface area contributed by atoms with Crippen LogP contribution in [-0.4, -0.2) is 57.8 Å². The Labute approximate surface area is 255 Å². The van der Waals surface area contributed by atoms with Gasteiger partial charge in [-0.25, -0.2) is 4.79 Å². The highest BCUT2D eigenvalue weighted by Gasteiger charge is 2.29. The number of alkyl carbamates (subject to hydrolysis) is 1. The van der Waals surface area contributed by atoms with Crippen molar-refractivity contribution in [1.82, 2.24) is 5.32 Å². The number of carbonyl (C=O) groups excluding carboxylic acids is 1. The number of carbonyl (C=O) groups is 1. The standard InChI is InChI=1S/C33H36F3N3O5/c1-24(44-32(40)38-13-17-42-29-10-5-6-11-30(29)43-23-33(34,35)36)18-26-19-27-12-15-39(31(27)28(20-26)21-37)14-7-16-41-22-25-8-3-2-4-9-25/h2-6,8-11,19-20,24H,7,12-18,22-23H2,1H3,(H,38,40). The summed E-state index contributed by atoms with van der Waals surface area (Å²) in [7, 11) is 0. The molecule has 1 aliphatic rings. The number of rotatable bonds is 15. The molecule has 0 saturated heterocycles. The van der Waals surface area contributed by atoms with Crippen LogP contribution in [0.15, 0.2) is 66.7 Å². The fourth-order valence-electron chi connectivity index (χ4n) is 5.00. The topological polar surface area (TPSA) is 93.1 Å². The van der Waals surface area contributed by atoms with Crippen molar-refractivity contribution < 1.29 is 36.9 Å². The molecule has 0 radical (unpaired) electrons. The lowest BCUT2D eigenvalue weighted by Crippen LogP contribution is -2.31. The second-order valence-corrected chi connectivity index (χ2v) is 10.4. The third-order valence-electron chi connectivity index (χ3n) is 6.87. The van der Waals surface area contributed by atoms with Gasteiger partial charge in [-0.2, -0.15) is 18.4 Å². The number of benzene rings is 3. The predicted molar refractivity (Wildman–Crippen MR) is 159 cm³/mol. The highest BCUT2D eigenvalue weighted by Crippen LogP contribution is 2.33.